The Balaban J connectivity index is 0.00000450. The third kappa shape index (κ3) is 6.62. The summed E-state index contributed by atoms with van der Waals surface area (Å²) in [6.07, 6.45) is 2.07. The molecule has 3 unspecified atom stereocenters. The Hall–Kier alpha value is -1.26. The summed E-state index contributed by atoms with van der Waals surface area (Å²) in [5, 5.41) is 0.934. The first kappa shape index (κ1) is 26.8. The summed E-state index contributed by atoms with van der Waals surface area (Å²) in [5.74, 6) is 1.54. The molecular formula is C25H36LiO3P. The van der Waals surface area contributed by atoms with Gasteiger partial charge in [0, 0.05) is 16.9 Å². The van der Waals surface area contributed by atoms with Crippen LogP contribution in [0.15, 0.2) is 24.3 Å². The smallest absolute Gasteiger partial charge is 1.00 e. The first-order chi connectivity index (χ1) is 13.7. The van der Waals surface area contributed by atoms with Gasteiger partial charge in [-0.3, -0.25) is 4.79 Å². The molecule has 2 aromatic rings. The molecule has 0 saturated heterocycles. The maximum Gasteiger partial charge on any atom is 1.00 e. The molecule has 0 aliphatic rings. The molecule has 0 spiro atoms. The van der Waals surface area contributed by atoms with Crippen LogP contribution in [0.25, 0.3) is 0 Å². The van der Waals surface area contributed by atoms with E-state index in [-0.39, 0.29) is 46.6 Å². The Labute approximate surface area is 197 Å². The number of ether oxygens (including phenoxy) is 2. The Morgan fingerprint density at radius 2 is 1.53 bits per heavy atom. The second-order valence-corrected chi connectivity index (χ2v) is 9.16. The summed E-state index contributed by atoms with van der Waals surface area (Å²) >= 11 is 0. The molecule has 0 amide bonds. The Kier molecular flexibility index (Phi) is 10.7. The third-order valence-electron chi connectivity index (χ3n) is 5.60. The largest absolute Gasteiger partial charge is 1.00 e. The summed E-state index contributed by atoms with van der Waals surface area (Å²) in [5.41, 5.74) is 5.56. The normalized spacial score (nSPS) is 13.1. The number of aryl methyl sites for hydroxylation is 2. The average molecular weight is 422 g/mol. The van der Waals surface area contributed by atoms with Crippen molar-refractivity contribution < 1.29 is 34.6 Å². The number of carbonyl (C=O) groups excluding carboxylic acids is 1. The van der Waals surface area contributed by atoms with Crippen LogP contribution < -0.4 is 33.6 Å². The van der Waals surface area contributed by atoms with Gasteiger partial charge < -0.3 is 10.9 Å². The summed E-state index contributed by atoms with van der Waals surface area (Å²) in [6, 6.07) is 7.98. The number of rotatable bonds is 9. The second-order valence-electron chi connectivity index (χ2n) is 7.92. The second kappa shape index (κ2) is 11.9. The van der Waals surface area contributed by atoms with E-state index in [1.807, 2.05) is 32.0 Å². The van der Waals surface area contributed by atoms with Crippen molar-refractivity contribution in [3.05, 3.63) is 52.1 Å². The van der Waals surface area contributed by atoms with Gasteiger partial charge in [-0.25, -0.2) is 0 Å². The molecule has 3 atom stereocenters. The van der Waals surface area contributed by atoms with Crippen LogP contribution in [0.4, 0.5) is 0 Å². The van der Waals surface area contributed by atoms with Crippen LogP contribution in [0.2, 0.25) is 0 Å². The molecule has 0 bridgehead atoms. The summed E-state index contributed by atoms with van der Waals surface area (Å²) in [7, 11) is 0.0145. The zero-order valence-corrected chi connectivity index (χ0v) is 21.1. The van der Waals surface area contributed by atoms with Gasteiger partial charge in [0.25, 0.3) is 0 Å². The Bertz CT molecular complexity index is 886. The van der Waals surface area contributed by atoms with E-state index in [0.29, 0.717) is 0 Å². The van der Waals surface area contributed by atoms with Crippen molar-refractivity contribution in [2.45, 2.75) is 80.4 Å². The zero-order valence-electron chi connectivity index (χ0n) is 21.1. The van der Waals surface area contributed by atoms with E-state index in [1.165, 1.54) is 11.1 Å². The van der Waals surface area contributed by atoms with Crippen molar-refractivity contribution in [3.63, 3.8) is 0 Å². The molecule has 0 N–H and O–H groups in total. The zero-order chi connectivity index (χ0) is 21.7. The van der Waals surface area contributed by atoms with Crippen molar-refractivity contribution in [3.8, 4) is 11.5 Å². The number of benzene rings is 2. The van der Waals surface area contributed by atoms with Gasteiger partial charge in [0.15, 0.2) is 5.52 Å². The van der Waals surface area contributed by atoms with Crippen LogP contribution in [0.1, 0.15) is 74.6 Å². The molecule has 0 heterocycles. The van der Waals surface area contributed by atoms with E-state index in [2.05, 4.69) is 47.6 Å². The quantitative estimate of drug-likeness (QED) is 0.458. The molecule has 2 rings (SSSR count). The summed E-state index contributed by atoms with van der Waals surface area (Å²) in [4.78, 5) is 13.3. The molecule has 3 nitrogen and oxygen atoms in total. The van der Waals surface area contributed by atoms with Crippen molar-refractivity contribution in [2.75, 3.05) is 0 Å². The van der Waals surface area contributed by atoms with Crippen molar-refractivity contribution in [1.82, 2.24) is 0 Å². The van der Waals surface area contributed by atoms with Crippen LogP contribution in [-0.2, 0) is 0 Å². The SMILES string of the molecule is CCC(C)Oc1ccc(PC(=O)c2c(C)cc(C)c(C)c2C)c(OC(C)CC)c1.[H-].[Li+]. The van der Waals surface area contributed by atoms with Crippen molar-refractivity contribution in [1.29, 1.82) is 0 Å². The predicted octanol–water partition coefficient (Wildman–Crippen LogP) is 3.54. The van der Waals surface area contributed by atoms with E-state index in [4.69, 9.17) is 9.47 Å². The fourth-order valence-corrected chi connectivity index (χ4v) is 4.39. The average Bonchev–Trinajstić information content (AvgIpc) is 2.67. The minimum atomic E-state index is 0. The van der Waals surface area contributed by atoms with Gasteiger partial charge in [0.2, 0.25) is 0 Å². The molecule has 0 aliphatic heterocycles. The fraction of sp³-hybridized carbons (Fsp3) is 0.480. The molecule has 0 radical (unpaired) electrons. The van der Waals surface area contributed by atoms with Crippen LogP contribution in [-0.4, -0.2) is 17.7 Å². The van der Waals surface area contributed by atoms with Crippen LogP contribution in [0.5, 0.6) is 11.5 Å². The first-order valence-corrected chi connectivity index (χ1v) is 11.5. The van der Waals surface area contributed by atoms with Gasteiger partial charge in [-0.1, -0.05) is 19.9 Å². The summed E-state index contributed by atoms with van der Waals surface area (Å²) in [6.45, 7) is 16.6. The fourth-order valence-electron chi connectivity index (χ4n) is 3.21. The van der Waals surface area contributed by atoms with E-state index in [9.17, 15) is 4.79 Å². The number of hydrogen-bond acceptors (Lipinski definition) is 3. The van der Waals surface area contributed by atoms with Crippen LogP contribution in [0.3, 0.4) is 0 Å². The van der Waals surface area contributed by atoms with Crippen LogP contribution in [0, 0.1) is 27.7 Å². The van der Waals surface area contributed by atoms with Gasteiger partial charge in [-0.05, 0) is 97.4 Å². The van der Waals surface area contributed by atoms with Gasteiger partial charge in [-0.15, -0.1) is 0 Å². The molecule has 0 saturated carbocycles. The predicted molar refractivity (Wildman–Crippen MR) is 126 cm³/mol. The maximum atomic E-state index is 13.3. The minimum Gasteiger partial charge on any atom is -1.00 e. The maximum absolute atomic E-state index is 13.3. The molecule has 160 valence electrons. The molecule has 0 aliphatic carbocycles. The Morgan fingerprint density at radius 1 is 0.933 bits per heavy atom. The van der Waals surface area contributed by atoms with E-state index in [0.717, 1.165) is 46.3 Å². The van der Waals surface area contributed by atoms with E-state index < -0.39 is 0 Å². The molecule has 2 aromatic carbocycles. The van der Waals surface area contributed by atoms with Gasteiger partial charge in [-0.2, -0.15) is 0 Å². The molecule has 30 heavy (non-hydrogen) atoms. The molecule has 5 heteroatoms. The topological polar surface area (TPSA) is 35.5 Å². The van der Waals surface area contributed by atoms with Crippen LogP contribution >= 0.6 is 8.58 Å². The Morgan fingerprint density at radius 3 is 2.13 bits per heavy atom. The van der Waals surface area contributed by atoms with Gasteiger partial charge in [0.05, 0.1) is 12.2 Å². The number of hydrogen-bond donors (Lipinski definition) is 0. The van der Waals surface area contributed by atoms with Crippen molar-refractivity contribution >= 4 is 19.4 Å². The van der Waals surface area contributed by atoms with Gasteiger partial charge in [0.1, 0.15) is 11.5 Å². The summed E-state index contributed by atoms with van der Waals surface area (Å²) < 4.78 is 12.1. The molecule has 0 fully saturated rings. The number of carbonyl (C=O) groups is 1. The monoisotopic (exact) mass is 422 g/mol. The van der Waals surface area contributed by atoms with Gasteiger partial charge >= 0.3 is 18.9 Å². The third-order valence-corrected chi connectivity index (χ3v) is 6.76. The molecule has 0 aromatic heterocycles. The van der Waals surface area contributed by atoms with Crippen molar-refractivity contribution in [2.24, 2.45) is 0 Å². The first-order valence-electron chi connectivity index (χ1n) is 10.5. The van der Waals surface area contributed by atoms with E-state index >= 15 is 0 Å². The van der Waals surface area contributed by atoms with E-state index in [1.54, 1.807) is 0 Å². The standard InChI is InChI=1S/C25H35O3P.Li.H/c1-9-17(5)27-21-11-12-23(22(14-21)28-18(6)10-2)29-25(26)24-16(4)13-15(3)19(7)20(24)8;;/h11-14,17-18,29H,9-10H2,1-8H3;;/q;+1;-1. The molecular weight excluding hydrogens is 386 g/mol. The minimum absolute atomic E-state index is 0.